The quantitative estimate of drug-likeness (QED) is 0.0270. The van der Waals surface area contributed by atoms with Crippen LogP contribution in [0.15, 0.2) is 72.9 Å². The van der Waals surface area contributed by atoms with E-state index in [4.69, 9.17) is 24.3 Å². The molecule has 2 unspecified atom stereocenters. The molecule has 0 fully saturated rings. The molecule has 0 radical (unpaired) electrons. The first-order valence-corrected chi connectivity index (χ1v) is 24.9. The van der Waals surface area contributed by atoms with Gasteiger partial charge < -0.3 is 20.1 Å². The molecule has 0 aliphatic rings. The highest BCUT2D eigenvalue weighted by Crippen LogP contribution is 2.43. The zero-order valence-corrected chi connectivity index (χ0v) is 38.2. The second kappa shape index (κ2) is 46.0. The largest absolute Gasteiger partial charge is 0.472 e. The van der Waals surface area contributed by atoms with E-state index in [1.807, 2.05) is 0 Å². The Morgan fingerprint density at radius 1 is 0.534 bits per heavy atom. The fourth-order valence-electron chi connectivity index (χ4n) is 6.20. The monoisotopic (exact) mass is 834 g/mol. The minimum Gasteiger partial charge on any atom is -0.457 e. The molecule has 336 valence electrons. The lowest BCUT2D eigenvalue weighted by molar-refractivity contribution is -0.154. The number of unbranched alkanes of at least 4 members (excludes halogenated alkanes) is 19. The lowest BCUT2D eigenvalue weighted by Crippen LogP contribution is -2.28. The third kappa shape index (κ3) is 45.0. The van der Waals surface area contributed by atoms with Gasteiger partial charge in [0.2, 0.25) is 0 Å². The molecule has 0 heterocycles. The van der Waals surface area contributed by atoms with Gasteiger partial charge >= 0.3 is 13.8 Å². The molecule has 0 aliphatic carbocycles. The van der Waals surface area contributed by atoms with Gasteiger partial charge in [-0.25, -0.2) is 4.57 Å². The molecule has 0 aliphatic heterocycles. The maximum absolute atomic E-state index is 12.6. The summed E-state index contributed by atoms with van der Waals surface area (Å²) in [5.74, 6) is -0.339. The van der Waals surface area contributed by atoms with Gasteiger partial charge in [0.15, 0.2) is 0 Å². The Morgan fingerprint density at radius 2 is 0.966 bits per heavy atom. The molecule has 0 saturated carbocycles. The van der Waals surface area contributed by atoms with Crippen LogP contribution >= 0.6 is 7.82 Å². The lowest BCUT2D eigenvalue weighted by atomic mass is 10.0. The lowest BCUT2D eigenvalue weighted by Gasteiger charge is -2.20. The summed E-state index contributed by atoms with van der Waals surface area (Å²) in [6.07, 6.45) is 57.8. The Morgan fingerprint density at radius 3 is 1.45 bits per heavy atom. The molecule has 0 amide bonds. The number of esters is 1. The predicted molar refractivity (Wildman–Crippen MR) is 247 cm³/mol. The van der Waals surface area contributed by atoms with Crippen molar-refractivity contribution >= 4 is 13.8 Å². The standard InChI is InChI=1S/C49H88NO7P/c1-3-5-7-9-11-13-15-17-19-20-21-22-23-24-25-26-27-28-29-30-32-34-36-38-40-42-49(51)57-48(47-56-58(52,53)55-45-43-50)46-54-44-41-39-37-35-33-31-18-16-14-12-10-8-6-4-2/h5,7-8,10-11,13-14,16-17,19,21-22,48H,3-4,6,9,12,15,18,20,23-47,50H2,1-2H3,(H,52,53)/b7-5-,10-8-,13-11-,16-14-,19-17-,22-21-. The van der Waals surface area contributed by atoms with Crippen LogP contribution in [0.4, 0.5) is 0 Å². The van der Waals surface area contributed by atoms with Crippen LogP contribution in [0.1, 0.15) is 194 Å². The fraction of sp³-hybridized carbons (Fsp3) is 0.735. The van der Waals surface area contributed by atoms with Crippen molar-refractivity contribution in [2.24, 2.45) is 5.73 Å². The first kappa shape index (κ1) is 55.9. The third-order valence-corrected chi connectivity index (χ3v) is 10.6. The van der Waals surface area contributed by atoms with Crippen molar-refractivity contribution in [3.63, 3.8) is 0 Å². The summed E-state index contributed by atoms with van der Waals surface area (Å²) >= 11 is 0. The molecular weight excluding hydrogens is 746 g/mol. The number of allylic oxidation sites excluding steroid dienone is 12. The van der Waals surface area contributed by atoms with E-state index in [-0.39, 0.29) is 32.3 Å². The number of carbonyl (C=O) groups is 1. The summed E-state index contributed by atoms with van der Waals surface area (Å²) in [4.78, 5) is 22.5. The highest BCUT2D eigenvalue weighted by molar-refractivity contribution is 7.47. The fourth-order valence-corrected chi connectivity index (χ4v) is 6.97. The van der Waals surface area contributed by atoms with E-state index >= 15 is 0 Å². The Hall–Kier alpha value is -2.06. The second-order valence-corrected chi connectivity index (χ2v) is 16.7. The first-order valence-electron chi connectivity index (χ1n) is 23.4. The number of carbonyl (C=O) groups excluding carboxylic acids is 1. The normalized spacial score (nSPS) is 14.1. The van der Waals surface area contributed by atoms with E-state index in [1.165, 1.54) is 89.9 Å². The number of hydrogen-bond acceptors (Lipinski definition) is 7. The number of phosphoric ester groups is 1. The number of hydrogen-bond donors (Lipinski definition) is 2. The smallest absolute Gasteiger partial charge is 0.457 e. The zero-order chi connectivity index (χ0) is 42.3. The molecule has 0 spiro atoms. The van der Waals surface area contributed by atoms with E-state index in [9.17, 15) is 14.3 Å². The molecule has 0 aromatic carbocycles. The maximum Gasteiger partial charge on any atom is 0.472 e. The van der Waals surface area contributed by atoms with Crippen LogP contribution in [0.25, 0.3) is 0 Å². The summed E-state index contributed by atoms with van der Waals surface area (Å²) in [6, 6.07) is 0. The zero-order valence-electron chi connectivity index (χ0n) is 37.3. The van der Waals surface area contributed by atoms with E-state index in [2.05, 4.69) is 86.8 Å². The van der Waals surface area contributed by atoms with Gasteiger partial charge in [-0.15, -0.1) is 0 Å². The van der Waals surface area contributed by atoms with E-state index in [0.29, 0.717) is 13.0 Å². The van der Waals surface area contributed by atoms with Crippen molar-refractivity contribution in [1.82, 2.24) is 0 Å². The molecule has 3 N–H and O–H groups in total. The van der Waals surface area contributed by atoms with Crippen molar-refractivity contribution in [1.29, 1.82) is 0 Å². The Kier molecular flexibility index (Phi) is 44.4. The van der Waals surface area contributed by atoms with Crippen molar-refractivity contribution < 1.29 is 32.8 Å². The van der Waals surface area contributed by atoms with Gasteiger partial charge in [0, 0.05) is 19.6 Å². The summed E-state index contributed by atoms with van der Waals surface area (Å²) in [5, 5.41) is 0. The predicted octanol–water partition coefficient (Wildman–Crippen LogP) is 14.3. The highest BCUT2D eigenvalue weighted by Gasteiger charge is 2.25. The van der Waals surface area contributed by atoms with Gasteiger partial charge in [0.1, 0.15) is 6.10 Å². The maximum atomic E-state index is 12.6. The van der Waals surface area contributed by atoms with Gasteiger partial charge in [-0.05, 0) is 77.0 Å². The van der Waals surface area contributed by atoms with Crippen LogP contribution in [0.5, 0.6) is 0 Å². The van der Waals surface area contributed by atoms with Crippen LogP contribution in [0.3, 0.4) is 0 Å². The van der Waals surface area contributed by atoms with Crippen LogP contribution in [0.2, 0.25) is 0 Å². The van der Waals surface area contributed by atoms with E-state index in [0.717, 1.165) is 83.5 Å². The van der Waals surface area contributed by atoms with Gasteiger partial charge in [-0.3, -0.25) is 13.8 Å². The Bertz CT molecular complexity index is 1120. The molecule has 0 saturated heterocycles. The van der Waals surface area contributed by atoms with Crippen molar-refractivity contribution in [2.75, 3.05) is 33.0 Å². The Balaban J connectivity index is 3.96. The molecule has 8 nitrogen and oxygen atoms in total. The number of rotatable bonds is 44. The number of phosphoric acid groups is 1. The van der Waals surface area contributed by atoms with Gasteiger partial charge in [-0.2, -0.15) is 0 Å². The molecule has 0 bridgehead atoms. The molecule has 58 heavy (non-hydrogen) atoms. The van der Waals surface area contributed by atoms with Crippen LogP contribution in [-0.4, -0.2) is 49.9 Å². The number of nitrogens with two attached hydrogens (primary N) is 1. The first-order chi connectivity index (χ1) is 28.4. The van der Waals surface area contributed by atoms with Crippen molar-refractivity contribution in [3.8, 4) is 0 Å². The van der Waals surface area contributed by atoms with Crippen LogP contribution < -0.4 is 5.73 Å². The molecular formula is C49H88NO7P. The molecule has 9 heteroatoms. The molecule has 0 aromatic heterocycles. The van der Waals surface area contributed by atoms with Crippen molar-refractivity contribution in [3.05, 3.63) is 72.9 Å². The van der Waals surface area contributed by atoms with E-state index in [1.54, 1.807) is 0 Å². The van der Waals surface area contributed by atoms with Crippen molar-refractivity contribution in [2.45, 2.75) is 200 Å². The second-order valence-electron chi connectivity index (χ2n) is 15.2. The molecule has 0 rings (SSSR count). The topological polar surface area (TPSA) is 117 Å². The minimum absolute atomic E-state index is 0.0953. The summed E-state index contributed by atoms with van der Waals surface area (Å²) in [6.45, 7) is 4.72. The number of ether oxygens (including phenoxy) is 2. The van der Waals surface area contributed by atoms with E-state index < -0.39 is 13.9 Å². The average Bonchev–Trinajstić information content (AvgIpc) is 3.21. The van der Waals surface area contributed by atoms with Gasteiger partial charge in [0.05, 0.1) is 19.8 Å². The third-order valence-electron chi connectivity index (χ3n) is 9.59. The van der Waals surface area contributed by atoms with Crippen LogP contribution in [-0.2, 0) is 27.9 Å². The molecule has 2 atom stereocenters. The summed E-state index contributed by atoms with van der Waals surface area (Å²) < 4.78 is 33.5. The minimum atomic E-state index is -4.28. The van der Waals surface area contributed by atoms with Gasteiger partial charge in [0.25, 0.3) is 0 Å². The average molecular weight is 834 g/mol. The Labute approximate surface area is 356 Å². The highest BCUT2D eigenvalue weighted by atomic mass is 31.2. The molecule has 0 aromatic rings. The van der Waals surface area contributed by atoms with Crippen LogP contribution in [0, 0.1) is 0 Å². The summed E-state index contributed by atoms with van der Waals surface area (Å²) in [5.41, 5.74) is 5.37. The SMILES string of the molecule is CC/C=C\C/C=C\C/C=C\C/C=C\CCCCCCCCCCCCCCC(=O)OC(COCCCCCCCC/C=C\C/C=C\CCC)COP(=O)(O)OCCN. The summed E-state index contributed by atoms with van der Waals surface area (Å²) in [7, 11) is -4.28. The van der Waals surface area contributed by atoms with Gasteiger partial charge in [-0.1, -0.05) is 183 Å².